The minimum absolute atomic E-state index is 0.0493. The molecule has 0 aliphatic heterocycles. The number of aromatic nitrogens is 2. The van der Waals surface area contributed by atoms with Gasteiger partial charge in [-0.15, -0.1) is 11.3 Å². The quantitative estimate of drug-likeness (QED) is 0.843. The molecule has 0 bridgehead atoms. The van der Waals surface area contributed by atoms with Gasteiger partial charge in [-0.3, -0.25) is 4.40 Å². The van der Waals surface area contributed by atoms with E-state index in [9.17, 15) is 8.42 Å². The Balaban J connectivity index is 2.45. The first-order valence-corrected chi connectivity index (χ1v) is 8.83. The molecule has 0 aromatic carbocycles. The molecule has 1 unspecified atom stereocenters. The minimum atomic E-state index is -3.82. The number of rotatable bonds is 6. The van der Waals surface area contributed by atoms with Crippen LogP contribution in [0.5, 0.6) is 0 Å². The molecule has 2 aromatic rings. The van der Waals surface area contributed by atoms with E-state index in [4.69, 9.17) is 16.7 Å². The van der Waals surface area contributed by atoms with Crippen molar-refractivity contribution in [1.29, 1.82) is 0 Å². The van der Waals surface area contributed by atoms with Crippen LogP contribution in [-0.2, 0) is 10.0 Å². The number of aliphatic hydroxyl groups is 1. The van der Waals surface area contributed by atoms with Crippen LogP contribution >= 0.6 is 22.9 Å². The number of aliphatic hydroxyl groups excluding tert-OH is 1. The lowest BCUT2D eigenvalue weighted by Gasteiger charge is -2.28. The Labute approximate surface area is 126 Å². The van der Waals surface area contributed by atoms with Crippen molar-refractivity contribution in [1.82, 2.24) is 14.1 Å². The number of halogens is 1. The summed E-state index contributed by atoms with van der Waals surface area (Å²) in [5, 5.41) is 10.7. The lowest BCUT2D eigenvalue weighted by Crippen LogP contribution is -2.46. The van der Waals surface area contributed by atoms with E-state index in [1.165, 1.54) is 15.7 Å². The van der Waals surface area contributed by atoms with Crippen LogP contribution in [0.15, 0.2) is 16.6 Å². The zero-order valence-corrected chi connectivity index (χ0v) is 13.5. The molecule has 9 heteroatoms. The number of thiazole rings is 1. The third-order valence-electron chi connectivity index (χ3n) is 3.26. The van der Waals surface area contributed by atoms with E-state index in [2.05, 4.69) is 9.71 Å². The molecular weight excluding hydrogens is 322 g/mol. The smallest absolute Gasteiger partial charge is 0.260 e. The molecule has 0 radical (unpaired) electrons. The minimum Gasteiger partial charge on any atom is -0.396 e. The van der Waals surface area contributed by atoms with E-state index >= 15 is 0 Å². The first kappa shape index (κ1) is 15.7. The maximum Gasteiger partial charge on any atom is 0.260 e. The second-order valence-corrected chi connectivity index (χ2v) is 7.59. The van der Waals surface area contributed by atoms with Gasteiger partial charge in [-0.05, 0) is 19.8 Å². The highest BCUT2D eigenvalue weighted by Gasteiger charge is 2.32. The Hall–Kier alpha value is -0.670. The SMILES string of the molecule is CCC(C)(CCO)NS(=O)(=O)c1c(Cl)nc2sccn12. The highest BCUT2D eigenvalue weighted by Crippen LogP contribution is 2.27. The Morgan fingerprint density at radius 1 is 1.60 bits per heavy atom. The molecule has 2 rings (SSSR count). The van der Waals surface area contributed by atoms with Crippen LogP contribution in [0.1, 0.15) is 26.7 Å². The van der Waals surface area contributed by atoms with Gasteiger partial charge in [0, 0.05) is 23.7 Å². The number of sulfonamides is 1. The van der Waals surface area contributed by atoms with Gasteiger partial charge in [0.15, 0.2) is 15.1 Å². The number of hydrogen-bond donors (Lipinski definition) is 2. The summed E-state index contributed by atoms with van der Waals surface area (Å²) < 4.78 is 29.1. The molecule has 1 atom stereocenters. The molecule has 6 nitrogen and oxygen atoms in total. The summed E-state index contributed by atoms with van der Waals surface area (Å²) in [5.74, 6) is 0. The molecular formula is C11H16ClN3O3S2. The van der Waals surface area contributed by atoms with E-state index in [0.29, 0.717) is 17.8 Å². The third-order valence-corrected chi connectivity index (χ3v) is 6.05. The number of nitrogens with zero attached hydrogens (tertiary/aromatic N) is 2. The lowest BCUT2D eigenvalue weighted by atomic mass is 9.97. The Kier molecular flexibility index (Phi) is 4.41. The van der Waals surface area contributed by atoms with Gasteiger partial charge in [0.1, 0.15) is 0 Å². The van der Waals surface area contributed by atoms with Gasteiger partial charge in [-0.2, -0.15) is 0 Å². The molecule has 112 valence electrons. The van der Waals surface area contributed by atoms with Gasteiger partial charge in [-0.25, -0.2) is 18.1 Å². The van der Waals surface area contributed by atoms with E-state index in [0.717, 1.165) is 0 Å². The Bertz CT molecular complexity index is 710. The fourth-order valence-corrected chi connectivity index (χ4v) is 4.86. The van der Waals surface area contributed by atoms with Crippen molar-refractivity contribution in [2.45, 2.75) is 37.3 Å². The van der Waals surface area contributed by atoms with Crippen molar-refractivity contribution in [3.05, 3.63) is 16.7 Å². The van der Waals surface area contributed by atoms with Crippen LogP contribution in [-0.4, -0.2) is 35.1 Å². The fraction of sp³-hybridized carbons (Fsp3) is 0.545. The second-order valence-electron chi connectivity index (χ2n) is 4.76. The summed E-state index contributed by atoms with van der Waals surface area (Å²) in [6, 6.07) is 0. The predicted molar refractivity (Wildman–Crippen MR) is 78.8 cm³/mol. The monoisotopic (exact) mass is 337 g/mol. The van der Waals surface area contributed by atoms with E-state index < -0.39 is 15.6 Å². The number of imidazole rings is 1. The van der Waals surface area contributed by atoms with Gasteiger partial charge >= 0.3 is 0 Å². The van der Waals surface area contributed by atoms with Gasteiger partial charge in [0.25, 0.3) is 10.0 Å². The molecule has 2 N–H and O–H groups in total. The molecule has 0 saturated carbocycles. The summed E-state index contributed by atoms with van der Waals surface area (Å²) in [6.45, 7) is 3.51. The van der Waals surface area contributed by atoms with Crippen LogP contribution in [0.25, 0.3) is 4.96 Å². The van der Waals surface area contributed by atoms with Crippen molar-refractivity contribution in [3.63, 3.8) is 0 Å². The molecule has 0 amide bonds. The molecule has 0 aliphatic carbocycles. The average Bonchev–Trinajstić information content (AvgIpc) is 2.87. The van der Waals surface area contributed by atoms with Gasteiger partial charge in [-0.1, -0.05) is 18.5 Å². The van der Waals surface area contributed by atoms with Crippen LogP contribution in [0.3, 0.4) is 0 Å². The molecule has 20 heavy (non-hydrogen) atoms. The maximum atomic E-state index is 12.5. The molecule has 2 aromatic heterocycles. The zero-order valence-electron chi connectivity index (χ0n) is 11.1. The van der Waals surface area contributed by atoms with Crippen molar-refractivity contribution in [2.24, 2.45) is 0 Å². The Morgan fingerprint density at radius 2 is 2.30 bits per heavy atom. The number of hydrogen-bond acceptors (Lipinski definition) is 5. The lowest BCUT2D eigenvalue weighted by molar-refractivity contribution is 0.233. The molecule has 0 fully saturated rings. The largest absolute Gasteiger partial charge is 0.396 e. The second kappa shape index (κ2) is 5.61. The topological polar surface area (TPSA) is 83.7 Å². The summed E-state index contributed by atoms with van der Waals surface area (Å²) >= 11 is 7.26. The van der Waals surface area contributed by atoms with Gasteiger partial charge in [0.05, 0.1) is 0 Å². The van der Waals surface area contributed by atoms with E-state index in [1.54, 1.807) is 18.5 Å². The highest BCUT2D eigenvalue weighted by molar-refractivity contribution is 7.89. The van der Waals surface area contributed by atoms with Crippen molar-refractivity contribution < 1.29 is 13.5 Å². The van der Waals surface area contributed by atoms with Crippen molar-refractivity contribution >= 4 is 37.9 Å². The fourth-order valence-electron chi connectivity index (χ4n) is 1.90. The van der Waals surface area contributed by atoms with Gasteiger partial charge < -0.3 is 5.11 Å². The normalized spacial score (nSPS) is 15.6. The summed E-state index contributed by atoms with van der Waals surface area (Å²) in [6.07, 6.45) is 2.49. The molecule has 0 saturated heterocycles. The number of nitrogens with one attached hydrogen (secondary N) is 1. The summed E-state index contributed by atoms with van der Waals surface area (Å²) in [7, 11) is -3.82. The highest BCUT2D eigenvalue weighted by atomic mass is 35.5. The zero-order chi connectivity index (χ0) is 15.0. The molecule has 2 heterocycles. The molecule has 0 aliphatic rings. The Morgan fingerprint density at radius 3 is 2.90 bits per heavy atom. The standard InChI is InChI=1S/C11H16ClN3O3S2/c1-3-11(2,4-6-16)14-20(17,18)9-8(12)13-10-15(9)5-7-19-10/h5,7,14,16H,3-4,6H2,1-2H3. The van der Waals surface area contributed by atoms with E-state index in [1.807, 2.05) is 6.92 Å². The first-order valence-electron chi connectivity index (χ1n) is 6.09. The maximum absolute atomic E-state index is 12.5. The van der Waals surface area contributed by atoms with Gasteiger partial charge in [0.2, 0.25) is 0 Å². The van der Waals surface area contributed by atoms with Crippen LogP contribution in [0, 0.1) is 0 Å². The average molecular weight is 338 g/mol. The van der Waals surface area contributed by atoms with Crippen molar-refractivity contribution in [2.75, 3.05) is 6.61 Å². The van der Waals surface area contributed by atoms with E-state index in [-0.39, 0.29) is 16.8 Å². The predicted octanol–water partition coefficient (Wildman–Crippen LogP) is 1.88. The first-order chi connectivity index (χ1) is 9.33. The number of fused-ring (bicyclic) bond motifs is 1. The molecule has 0 spiro atoms. The summed E-state index contributed by atoms with van der Waals surface area (Å²) in [5.41, 5.74) is -0.725. The third kappa shape index (κ3) is 2.84. The van der Waals surface area contributed by atoms with Crippen LogP contribution in [0.4, 0.5) is 0 Å². The van der Waals surface area contributed by atoms with Crippen LogP contribution < -0.4 is 4.72 Å². The van der Waals surface area contributed by atoms with Crippen LogP contribution in [0.2, 0.25) is 5.15 Å². The van der Waals surface area contributed by atoms with Crippen molar-refractivity contribution in [3.8, 4) is 0 Å². The summed E-state index contributed by atoms with van der Waals surface area (Å²) in [4.78, 5) is 4.54.